The maximum Gasteiger partial charge on any atom is 0.387 e. The second-order valence-electron chi connectivity index (χ2n) is 5.87. The van der Waals surface area contributed by atoms with E-state index in [2.05, 4.69) is 14.8 Å². The Bertz CT molecular complexity index is 920. The van der Waals surface area contributed by atoms with Crippen LogP contribution in [0.1, 0.15) is 12.0 Å². The first-order valence-corrected chi connectivity index (χ1v) is 8.77. The second kappa shape index (κ2) is 11.4. The number of amides is 2. The number of anilines is 1. The van der Waals surface area contributed by atoms with Gasteiger partial charge in [-0.05, 0) is 42.5 Å². The highest BCUT2D eigenvalue weighted by molar-refractivity contribution is 6.02. The molecule has 0 aliphatic carbocycles. The van der Waals surface area contributed by atoms with Crippen LogP contribution >= 0.6 is 0 Å². The molecule has 0 bridgehead atoms. The predicted octanol–water partition coefficient (Wildman–Crippen LogP) is 3.80. The van der Waals surface area contributed by atoms with Gasteiger partial charge in [-0.1, -0.05) is 0 Å². The van der Waals surface area contributed by atoms with Crippen LogP contribution in [0.3, 0.4) is 0 Å². The highest BCUT2D eigenvalue weighted by Crippen LogP contribution is 2.28. The Balaban J connectivity index is 2.01. The standard InChI is InChI=1S/C20H18F4N2O5/c21-19(22)30-15-5-1-12(16(11-15)31-20(23)24)2-8-18(28)26-13-3-6-14(7-4-13)29-10-9-17(25)27/h1-8,11,19-20H,9-10H2,(H2,25,27)(H,26,28). The van der Waals surface area contributed by atoms with Gasteiger partial charge in [-0.25, -0.2) is 0 Å². The summed E-state index contributed by atoms with van der Waals surface area (Å²) in [5.41, 5.74) is 5.48. The zero-order chi connectivity index (χ0) is 22.8. The van der Waals surface area contributed by atoms with Crippen molar-refractivity contribution in [2.45, 2.75) is 19.6 Å². The maximum atomic E-state index is 12.6. The molecule has 0 aliphatic heterocycles. The number of primary amides is 1. The van der Waals surface area contributed by atoms with E-state index in [0.29, 0.717) is 11.4 Å². The second-order valence-corrected chi connectivity index (χ2v) is 5.87. The summed E-state index contributed by atoms with van der Waals surface area (Å²) >= 11 is 0. The molecule has 0 radical (unpaired) electrons. The molecule has 11 heteroatoms. The van der Waals surface area contributed by atoms with Crippen molar-refractivity contribution in [2.75, 3.05) is 11.9 Å². The summed E-state index contributed by atoms with van der Waals surface area (Å²) < 4.78 is 63.5. The van der Waals surface area contributed by atoms with E-state index in [4.69, 9.17) is 10.5 Å². The number of nitrogens with one attached hydrogen (secondary N) is 1. The fourth-order valence-corrected chi connectivity index (χ4v) is 2.28. The lowest BCUT2D eigenvalue weighted by atomic mass is 10.1. The van der Waals surface area contributed by atoms with Gasteiger partial charge in [-0.2, -0.15) is 17.6 Å². The lowest BCUT2D eigenvalue weighted by molar-refractivity contribution is -0.118. The summed E-state index contributed by atoms with van der Waals surface area (Å²) in [6.07, 6.45) is 2.30. The van der Waals surface area contributed by atoms with Crippen LogP contribution in [-0.2, 0) is 9.59 Å². The third-order valence-electron chi connectivity index (χ3n) is 3.58. The van der Waals surface area contributed by atoms with Crippen molar-refractivity contribution in [3.63, 3.8) is 0 Å². The van der Waals surface area contributed by atoms with Crippen LogP contribution in [0.4, 0.5) is 23.2 Å². The predicted molar refractivity (Wildman–Crippen MR) is 103 cm³/mol. The zero-order valence-corrected chi connectivity index (χ0v) is 15.9. The Hall–Kier alpha value is -3.76. The lowest BCUT2D eigenvalue weighted by Gasteiger charge is -2.11. The van der Waals surface area contributed by atoms with Gasteiger partial charge in [-0.15, -0.1) is 0 Å². The summed E-state index contributed by atoms with van der Waals surface area (Å²) in [4.78, 5) is 22.7. The zero-order valence-electron chi connectivity index (χ0n) is 15.9. The molecule has 0 saturated heterocycles. The van der Waals surface area contributed by atoms with E-state index < -0.39 is 30.8 Å². The number of hydrogen-bond acceptors (Lipinski definition) is 5. The first-order valence-electron chi connectivity index (χ1n) is 8.77. The molecule has 2 aromatic carbocycles. The van der Waals surface area contributed by atoms with Crippen molar-refractivity contribution in [1.82, 2.24) is 0 Å². The molecule has 166 valence electrons. The van der Waals surface area contributed by atoms with Crippen LogP contribution in [-0.4, -0.2) is 31.6 Å². The molecule has 0 saturated carbocycles. The quantitative estimate of drug-likeness (QED) is 0.407. The van der Waals surface area contributed by atoms with Gasteiger partial charge in [0.15, 0.2) is 0 Å². The number of carbonyl (C=O) groups excluding carboxylic acids is 2. The average Bonchev–Trinajstić information content (AvgIpc) is 2.67. The molecule has 0 aromatic heterocycles. The Morgan fingerprint density at radius 2 is 1.61 bits per heavy atom. The molecule has 3 N–H and O–H groups in total. The summed E-state index contributed by atoms with van der Waals surface area (Å²) in [6.45, 7) is -6.22. The van der Waals surface area contributed by atoms with Crippen LogP contribution in [0.25, 0.3) is 6.08 Å². The summed E-state index contributed by atoms with van der Waals surface area (Å²) in [5, 5.41) is 2.54. The van der Waals surface area contributed by atoms with Crippen molar-refractivity contribution < 1.29 is 41.4 Å². The molecular weight excluding hydrogens is 424 g/mol. The van der Waals surface area contributed by atoms with Crippen molar-refractivity contribution in [3.8, 4) is 17.2 Å². The van der Waals surface area contributed by atoms with Crippen LogP contribution in [0.15, 0.2) is 48.5 Å². The molecule has 0 unspecified atom stereocenters. The van der Waals surface area contributed by atoms with Gasteiger partial charge in [0.25, 0.3) is 0 Å². The van der Waals surface area contributed by atoms with Crippen LogP contribution in [0.2, 0.25) is 0 Å². The van der Waals surface area contributed by atoms with Gasteiger partial charge in [0.2, 0.25) is 11.8 Å². The van der Waals surface area contributed by atoms with Crippen molar-refractivity contribution in [2.24, 2.45) is 5.73 Å². The van der Waals surface area contributed by atoms with E-state index in [0.717, 1.165) is 18.2 Å². The van der Waals surface area contributed by atoms with Gasteiger partial charge in [0.05, 0.1) is 13.0 Å². The topological polar surface area (TPSA) is 99.9 Å². The molecule has 0 heterocycles. The number of carbonyl (C=O) groups is 2. The van der Waals surface area contributed by atoms with Gasteiger partial charge < -0.3 is 25.3 Å². The molecule has 2 aromatic rings. The molecule has 0 atom stereocenters. The molecule has 2 rings (SSSR count). The highest BCUT2D eigenvalue weighted by Gasteiger charge is 2.12. The first-order chi connectivity index (χ1) is 14.7. The van der Waals surface area contributed by atoms with E-state index in [9.17, 15) is 27.2 Å². The molecule has 2 amide bonds. The SMILES string of the molecule is NC(=O)CCOc1ccc(NC(=O)C=Cc2ccc(OC(F)F)cc2OC(F)F)cc1. The Kier molecular flexibility index (Phi) is 8.67. The van der Waals surface area contributed by atoms with Crippen LogP contribution < -0.4 is 25.3 Å². The van der Waals surface area contributed by atoms with Gasteiger partial charge in [0.1, 0.15) is 17.2 Å². The highest BCUT2D eigenvalue weighted by atomic mass is 19.3. The number of nitrogens with two attached hydrogens (primary N) is 1. The lowest BCUT2D eigenvalue weighted by Crippen LogP contribution is -2.14. The fraction of sp³-hybridized carbons (Fsp3) is 0.200. The minimum atomic E-state index is -3.20. The fourth-order valence-electron chi connectivity index (χ4n) is 2.28. The largest absolute Gasteiger partial charge is 0.493 e. The smallest absolute Gasteiger partial charge is 0.387 e. The van der Waals surface area contributed by atoms with E-state index in [1.807, 2.05) is 0 Å². The third-order valence-corrected chi connectivity index (χ3v) is 3.58. The van der Waals surface area contributed by atoms with Gasteiger partial charge in [0, 0.05) is 23.4 Å². The van der Waals surface area contributed by atoms with Crippen molar-refractivity contribution in [1.29, 1.82) is 0 Å². The molecule has 7 nitrogen and oxygen atoms in total. The minimum absolute atomic E-state index is 0.0512. The number of alkyl halides is 4. The Labute approximate surface area is 174 Å². The summed E-state index contributed by atoms with van der Waals surface area (Å²) in [6, 6.07) is 9.41. The third kappa shape index (κ3) is 8.64. The average molecular weight is 442 g/mol. The number of benzene rings is 2. The van der Waals surface area contributed by atoms with Gasteiger partial charge >= 0.3 is 13.2 Å². The monoisotopic (exact) mass is 442 g/mol. The maximum absolute atomic E-state index is 12.6. The van der Waals surface area contributed by atoms with Crippen molar-refractivity contribution >= 4 is 23.6 Å². The Morgan fingerprint density at radius 1 is 0.968 bits per heavy atom. The summed E-state index contributed by atoms with van der Waals surface area (Å²) in [7, 11) is 0. The molecule has 0 fully saturated rings. The summed E-state index contributed by atoms with van der Waals surface area (Å²) in [5.74, 6) is -1.41. The minimum Gasteiger partial charge on any atom is -0.493 e. The first kappa shape index (κ1) is 23.5. The normalized spacial score (nSPS) is 11.0. The van der Waals surface area contributed by atoms with E-state index in [1.165, 1.54) is 12.1 Å². The molecule has 0 aliphatic rings. The van der Waals surface area contributed by atoms with Crippen LogP contribution in [0, 0.1) is 0 Å². The number of hydrogen-bond donors (Lipinski definition) is 2. The number of ether oxygens (including phenoxy) is 3. The number of rotatable bonds is 11. The van der Waals surface area contributed by atoms with E-state index in [1.54, 1.807) is 24.3 Å². The molecular formula is C20H18F4N2O5. The van der Waals surface area contributed by atoms with E-state index >= 15 is 0 Å². The van der Waals surface area contributed by atoms with Crippen LogP contribution in [0.5, 0.6) is 17.2 Å². The van der Waals surface area contributed by atoms with E-state index in [-0.39, 0.29) is 24.3 Å². The van der Waals surface area contributed by atoms with Gasteiger partial charge in [-0.3, -0.25) is 9.59 Å². The van der Waals surface area contributed by atoms with Crippen molar-refractivity contribution in [3.05, 3.63) is 54.1 Å². The Morgan fingerprint density at radius 3 is 2.23 bits per heavy atom. The molecule has 31 heavy (non-hydrogen) atoms. The number of halogens is 4. The molecule has 0 spiro atoms.